The molecular weight excluding hydrogens is 276 g/mol. The van der Waals surface area contributed by atoms with Gasteiger partial charge < -0.3 is 5.32 Å². The van der Waals surface area contributed by atoms with E-state index in [1.807, 2.05) is 24.9 Å². The standard InChI is InChI=1S/C13H18N4O2S/c1-10-12(9-16-17(10)2)8-15-7-11-3-5-13(6-4-11)20(14,18)19/h3-6,9,15H,7-8H2,1-2H3,(H2,14,18,19). The Labute approximate surface area is 118 Å². The zero-order valence-corrected chi connectivity index (χ0v) is 12.3. The van der Waals surface area contributed by atoms with Crippen LogP contribution in [0, 0.1) is 6.92 Å². The number of aromatic nitrogens is 2. The van der Waals surface area contributed by atoms with E-state index < -0.39 is 10.0 Å². The molecule has 1 aromatic carbocycles. The molecule has 108 valence electrons. The maximum absolute atomic E-state index is 11.1. The van der Waals surface area contributed by atoms with E-state index in [0.717, 1.165) is 23.4 Å². The Morgan fingerprint density at radius 2 is 1.90 bits per heavy atom. The van der Waals surface area contributed by atoms with Crippen molar-refractivity contribution in [2.75, 3.05) is 0 Å². The van der Waals surface area contributed by atoms with Gasteiger partial charge in [0.25, 0.3) is 0 Å². The molecule has 2 aromatic rings. The van der Waals surface area contributed by atoms with Crippen LogP contribution in [0.25, 0.3) is 0 Å². The Morgan fingerprint density at radius 3 is 2.40 bits per heavy atom. The molecule has 6 nitrogen and oxygen atoms in total. The maximum atomic E-state index is 11.1. The van der Waals surface area contributed by atoms with Crippen LogP contribution in [0.1, 0.15) is 16.8 Å². The normalized spacial score (nSPS) is 11.8. The quantitative estimate of drug-likeness (QED) is 0.848. The first-order valence-corrected chi connectivity index (χ1v) is 7.72. The first-order valence-electron chi connectivity index (χ1n) is 6.18. The highest BCUT2D eigenvalue weighted by Crippen LogP contribution is 2.09. The van der Waals surface area contributed by atoms with Crippen molar-refractivity contribution in [2.45, 2.75) is 24.9 Å². The number of sulfonamides is 1. The first kappa shape index (κ1) is 14.7. The van der Waals surface area contributed by atoms with E-state index in [0.29, 0.717) is 6.54 Å². The van der Waals surface area contributed by atoms with Gasteiger partial charge in [0, 0.05) is 31.4 Å². The van der Waals surface area contributed by atoms with E-state index in [9.17, 15) is 8.42 Å². The van der Waals surface area contributed by atoms with E-state index in [2.05, 4.69) is 10.4 Å². The summed E-state index contributed by atoms with van der Waals surface area (Å²) in [5.41, 5.74) is 3.27. The molecule has 1 heterocycles. The van der Waals surface area contributed by atoms with Crippen molar-refractivity contribution in [1.82, 2.24) is 15.1 Å². The van der Waals surface area contributed by atoms with E-state index in [1.165, 1.54) is 12.1 Å². The lowest BCUT2D eigenvalue weighted by Gasteiger charge is -2.05. The fourth-order valence-electron chi connectivity index (χ4n) is 1.86. The minimum absolute atomic E-state index is 0.129. The van der Waals surface area contributed by atoms with Crippen molar-refractivity contribution in [3.05, 3.63) is 47.3 Å². The highest BCUT2D eigenvalue weighted by Gasteiger charge is 2.07. The van der Waals surface area contributed by atoms with Crippen LogP contribution in [-0.2, 0) is 30.2 Å². The lowest BCUT2D eigenvalue weighted by atomic mass is 10.2. The van der Waals surface area contributed by atoms with Gasteiger partial charge in [-0.3, -0.25) is 4.68 Å². The van der Waals surface area contributed by atoms with Crippen molar-refractivity contribution < 1.29 is 8.42 Å². The smallest absolute Gasteiger partial charge is 0.238 e. The number of aryl methyl sites for hydroxylation is 1. The minimum atomic E-state index is -3.62. The van der Waals surface area contributed by atoms with Gasteiger partial charge in [-0.25, -0.2) is 13.6 Å². The number of nitrogens with one attached hydrogen (secondary N) is 1. The van der Waals surface area contributed by atoms with Crippen LogP contribution < -0.4 is 10.5 Å². The second kappa shape index (κ2) is 5.74. The topological polar surface area (TPSA) is 90.0 Å². The first-order chi connectivity index (χ1) is 9.38. The molecule has 0 aliphatic rings. The van der Waals surface area contributed by atoms with E-state index >= 15 is 0 Å². The molecule has 0 unspecified atom stereocenters. The molecule has 2 rings (SSSR count). The van der Waals surface area contributed by atoms with Gasteiger partial charge >= 0.3 is 0 Å². The summed E-state index contributed by atoms with van der Waals surface area (Å²) in [5, 5.41) is 12.5. The molecule has 0 saturated heterocycles. The average Bonchev–Trinajstić information content (AvgIpc) is 2.70. The number of nitrogens with two attached hydrogens (primary N) is 1. The van der Waals surface area contributed by atoms with Gasteiger partial charge in [-0.15, -0.1) is 0 Å². The van der Waals surface area contributed by atoms with Crippen LogP contribution >= 0.6 is 0 Å². The molecule has 0 aliphatic heterocycles. The third-order valence-electron chi connectivity index (χ3n) is 3.23. The number of hydrogen-bond acceptors (Lipinski definition) is 4. The molecule has 0 amide bonds. The molecule has 0 aliphatic carbocycles. The zero-order valence-electron chi connectivity index (χ0n) is 11.5. The second-order valence-corrected chi connectivity index (χ2v) is 6.23. The molecule has 0 saturated carbocycles. The maximum Gasteiger partial charge on any atom is 0.238 e. The second-order valence-electron chi connectivity index (χ2n) is 4.67. The van der Waals surface area contributed by atoms with Crippen molar-refractivity contribution >= 4 is 10.0 Å². The van der Waals surface area contributed by atoms with Crippen LogP contribution in [0.4, 0.5) is 0 Å². The van der Waals surface area contributed by atoms with Crippen LogP contribution in [0.15, 0.2) is 35.4 Å². The van der Waals surface area contributed by atoms with Gasteiger partial charge in [0.05, 0.1) is 11.1 Å². The minimum Gasteiger partial charge on any atom is -0.308 e. The molecule has 0 fully saturated rings. The lowest BCUT2D eigenvalue weighted by Crippen LogP contribution is -2.14. The van der Waals surface area contributed by atoms with E-state index in [1.54, 1.807) is 12.1 Å². The third-order valence-corrected chi connectivity index (χ3v) is 4.16. The number of hydrogen-bond donors (Lipinski definition) is 2. The summed E-state index contributed by atoms with van der Waals surface area (Å²) < 4.78 is 24.1. The summed E-state index contributed by atoms with van der Waals surface area (Å²) in [7, 11) is -1.71. The Bertz CT molecular complexity index is 690. The van der Waals surface area contributed by atoms with Gasteiger partial charge in [-0.2, -0.15) is 5.10 Å². The van der Waals surface area contributed by atoms with E-state index in [4.69, 9.17) is 5.14 Å². The van der Waals surface area contributed by atoms with Crippen molar-refractivity contribution in [3.63, 3.8) is 0 Å². The zero-order chi connectivity index (χ0) is 14.8. The van der Waals surface area contributed by atoms with Gasteiger partial charge in [-0.1, -0.05) is 12.1 Å². The molecule has 0 atom stereocenters. The van der Waals surface area contributed by atoms with E-state index in [-0.39, 0.29) is 4.90 Å². The van der Waals surface area contributed by atoms with Gasteiger partial charge in [-0.05, 0) is 24.6 Å². The van der Waals surface area contributed by atoms with Crippen molar-refractivity contribution in [3.8, 4) is 0 Å². The summed E-state index contributed by atoms with van der Waals surface area (Å²) in [4.78, 5) is 0.129. The van der Waals surface area contributed by atoms with Crippen LogP contribution in [0.3, 0.4) is 0 Å². The third kappa shape index (κ3) is 3.44. The molecule has 20 heavy (non-hydrogen) atoms. The number of rotatable bonds is 5. The Balaban J connectivity index is 1.93. The molecular formula is C13H18N4O2S. The number of primary sulfonamides is 1. The van der Waals surface area contributed by atoms with Gasteiger partial charge in [0.2, 0.25) is 10.0 Å². The molecule has 0 bridgehead atoms. The monoisotopic (exact) mass is 294 g/mol. The van der Waals surface area contributed by atoms with Crippen molar-refractivity contribution in [2.24, 2.45) is 12.2 Å². The summed E-state index contributed by atoms with van der Waals surface area (Å²) in [6, 6.07) is 6.54. The van der Waals surface area contributed by atoms with Crippen LogP contribution in [0.2, 0.25) is 0 Å². The average molecular weight is 294 g/mol. The summed E-state index contributed by atoms with van der Waals surface area (Å²) in [6.07, 6.45) is 1.84. The fraction of sp³-hybridized carbons (Fsp3) is 0.308. The van der Waals surface area contributed by atoms with Crippen molar-refractivity contribution in [1.29, 1.82) is 0 Å². The summed E-state index contributed by atoms with van der Waals surface area (Å²) in [6.45, 7) is 3.39. The van der Waals surface area contributed by atoms with Crippen LogP contribution in [-0.4, -0.2) is 18.2 Å². The SMILES string of the molecule is Cc1c(CNCc2ccc(S(N)(=O)=O)cc2)cnn1C. The highest BCUT2D eigenvalue weighted by atomic mass is 32.2. The molecule has 0 spiro atoms. The van der Waals surface area contributed by atoms with Gasteiger partial charge in [0.15, 0.2) is 0 Å². The Kier molecular flexibility index (Phi) is 4.22. The number of benzene rings is 1. The lowest BCUT2D eigenvalue weighted by molar-refractivity contribution is 0.597. The highest BCUT2D eigenvalue weighted by molar-refractivity contribution is 7.89. The van der Waals surface area contributed by atoms with Gasteiger partial charge in [0.1, 0.15) is 0 Å². The Hall–Kier alpha value is -1.70. The summed E-state index contributed by atoms with van der Waals surface area (Å²) in [5.74, 6) is 0. The largest absolute Gasteiger partial charge is 0.308 e. The number of nitrogens with zero attached hydrogens (tertiary/aromatic N) is 2. The predicted octanol–water partition coefficient (Wildman–Crippen LogP) is 0.666. The molecule has 1 aromatic heterocycles. The Morgan fingerprint density at radius 1 is 1.25 bits per heavy atom. The molecule has 7 heteroatoms. The van der Waals surface area contributed by atoms with Crippen LogP contribution in [0.5, 0.6) is 0 Å². The summed E-state index contributed by atoms with van der Waals surface area (Å²) >= 11 is 0. The molecule has 0 radical (unpaired) electrons. The predicted molar refractivity (Wildman–Crippen MR) is 76.3 cm³/mol. The fourth-order valence-corrected chi connectivity index (χ4v) is 2.37. The molecule has 3 N–H and O–H groups in total.